The van der Waals surface area contributed by atoms with Gasteiger partial charge in [0.15, 0.2) is 0 Å². The summed E-state index contributed by atoms with van der Waals surface area (Å²) in [6.45, 7) is 9.17. The Kier molecular flexibility index (Phi) is 5.35. The maximum atomic E-state index is 12.0. The molecule has 1 rings (SSSR count). The van der Waals surface area contributed by atoms with Crippen LogP contribution < -0.4 is 10.6 Å². The van der Waals surface area contributed by atoms with E-state index >= 15 is 0 Å². The van der Waals surface area contributed by atoms with Crippen LogP contribution in [0.4, 0.5) is 4.79 Å². The summed E-state index contributed by atoms with van der Waals surface area (Å²) >= 11 is 0. The van der Waals surface area contributed by atoms with Crippen LogP contribution in [0.3, 0.4) is 0 Å². The highest BCUT2D eigenvalue weighted by Crippen LogP contribution is 2.20. The van der Waals surface area contributed by atoms with E-state index in [0.29, 0.717) is 0 Å². The van der Waals surface area contributed by atoms with Gasteiger partial charge in [-0.1, -0.05) is 45.0 Å². The first-order valence-corrected chi connectivity index (χ1v) is 6.98. The van der Waals surface area contributed by atoms with Crippen LogP contribution >= 0.6 is 0 Å². The first kappa shape index (κ1) is 17.0. The van der Waals surface area contributed by atoms with Crippen molar-refractivity contribution in [1.82, 2.24) is 10.6 Å². The normalized spacial score (nSPS) is 14.1. The molecule has 2 amide bonds. The van der Waals surface area contributed by atoms with Gasteiger partial charge in [0.05, 0.1) is 6.04 Å². The van der Waals surface area contributed by atoms with Crippen molar-refractivity contribution in [1.29, 1.82) is 0 Å². The Morgan fingerprint density at radius 3 is 2.19 bits per heavy atom. The lowest BCUT2D eigenvalue weighted by Gasteiger charge is -2.28. The lowest BCUT2D eigenvalue weighted by molar-refractivity contribution is -0.141. The predicted molar refractivity (Wildman–Crippen MR) is 82.1 cm³/mol. The zero-order valence-electron chi connectivity index (χ0n) is 13.2. The minimum atomic E-state index is -1.04. The molecule has 0 spiro atoms. The maximum Gasteiger partial charge on any atom is 0.326 e. The smallest absolute Gasteiger partial charge is 0.326 e. The van der Waals surface area contributed by atoms with Gasteiger partial charge in [-0.2, -0.15) is 0 Å². The van der Waals surface area contributed by atoms with Gasteiger partial charge in [-0.15, -0.1) is 0 Å². The molecule has 0 bridgehead atoms. The Bertz CT molecular complexity index is 520. The lowest BCUT2D eigenvalue weighted by Crippen LogP contribution is -2.52. The molecule has 0 aliphatic heterocycles. The summed E-state index contributed by atoms with van der Waals surface area (Å²) in [6, 6.07) is 6.15. The molecule has 0 heterocycles. The van der Waals surface area contributed by atoms with Crippen LogP contribution in [0.25, 0.3) is 0 Å². The van der Waals surface area contributed by atoms with E-state index in [9.17, 15) is 14.7 Å². The Balaban J connectivity index is 2.73. The minimum Gasteiger partial charge on any atom is -0.480 e. The van der Waals surface area contributed by atoms with Crippen LogP contribution in [-0.4, -0.2) is 23.1 Å². The summed E-state index contributed by atoms with van der Waals surface area (Å²) in [4.78, 5) is 23.3. The average molecular weight is 292 g/mol. The van der Waals surface area contributed by atoms with Crippen molar-refractivity contribution in [2.45, 2.75) is 46.7 Å². The average Bonchev–Trinajstić information content (AvgIpc) is 2.34. The predicted octanol–water partition coefficient (Wildman–Crippen LogP) is 2.85. The Morgan fingerprint density at radius 2 is 1.71 bits per heavy atom. The zero-order valence-corrected chi connectivity index (χ0v) is 13.2. The largest absolute Gasteiger partial charge is 0.480 e. The van der Waals surface area contributed by atoms with E-state index in [-0.39, 0.29) is 6.04 Å². The standard InChI is InChI=1S/C16H24N2O3/c1-10-8-6-7-9-12(10)11(2)17-15(21)18-13(14(19)20)16(3,4)5/h6-9,11,13H,1-5H3,(H,19,20)(H2,17,18,21)/t11?,13-/m0/s1. The SMILES string of the molecule is Cc1ccccc1C(C)NC(=O)N[C@@H](C(=O)O)C(C)(C)C. The number of carbonyl (C=O) groups excluding carboxylic acids is 1. The number of hydrogen-bond acceptors (Lipinski definition) is 2. The van der Waals surface area contributed by atoms with E-state index in [0.717, 1.165) is 11.1 Å². The summed E-state index contributed by atoms with van der Waals surface area (Å²) in [5.74, 6) is -1.04. The Morgan fingerprint density at radius 1 is 1.14 bits per heavy atom. The van der Waals surface area contributed by atoms with Crippen LogP contribution in [0.15, 0.2) is 24.3 Å². The second-order valence-electron chi connectivity index (χ2n) is 6.33. The summed E-state index contributed by atoms with van der Waals surface area (Å²) in [7, 11) is 0. The lowest BCUT2D eigenvalue weighted by atomic mass is 9.87. The number of amides is 2. The van der Waals surface area contributed by atoms with Gasteiger partial charge in [0, 0.05) is 0 Å². The third-order valence-electron chi connectivity index (χ3n) is 3.39. The highest BCUT2D eigenvalue weighted by molar-refractivity contribution is 5.83. The number of aryl methyl sites for hydroxylation is 1. The fourth-order valence-corrected chi connectivity index (χ4v) is 2.17. The van der Waals surface area contributed by atoms with Crippen molar-refractivity contribution >= 4 is 12.0 Å². The third-order valence-corrected chi connectivity index (χ3v) is 3.39. The van der Waals surface area contributed by atoms with Gasteiger partial charge in [0.1, 0.15) is 6.04 Å². The van der Waals surface area contributed by atoms with Gasteiger partial charge >= 0.3 is 12.0 Å². The number of benzene rings is 1. The van der Waals surface area contributed by atoms with Gasteiger partial charge in [-0.25, -0.2) is 9.59 Å². The fraction of sp³-hybridized carbons (Fsp3) is 0.500. The number of carboxylic acid groups (broad SMARTS) is 1. The van der Waals surface area contributed by atoms with Crippen LogP contribution in [0.1, 0.15) is 44.9 Å². The first-order valence-electron chi connectivity index (χ1n) is 6.98. The molecular formula is C16H24N2O3. The molecule has 116 valence electrons. The molecule has 0 aliphatic carbocycles. The molecule has 21 heavy (non-hydrogen) atoms. The van der Waals surface area contributed by atoms with Gasteiger partial charge in [-0.05, 0) is 30.4 Å². The zero-order chi connectivity index (χ0) is 16.2. The van der Waals surface area contributed by atoms with Crippen molar-refractivity contribution in [2.75, 3.05) is 0 Å². The molecular weight excluding hydrogens is 268 g/mol. The molecule has 5 heteroatoms. The van der Waals surface area contributed by atoms with E-state index in [1.165, 1.54) is 0 Å². The van der Waals surface area contributed by atoms with Crippen LogP contribution in [0, 0.1) is 12.3 Å². The Hall–Kier alpha value is -2.04. The van der Waals surface area contributed by atoms with E-state index < -0.39 is 23.5 Å². The second kappa shape index (κ2) is 6.61. The van der Waals surface area contributed by atoms with Gasteiger partial charge in [-0.3, -0.25) is 0 Å². The molecule has 0 radical (unpaired) electrons. The van der Waals surface area contributed by atoms with Crippen LogP contribution in [-0.2, 0) is 4.79 Å². The van der Waals surface area contributed by atoms with Crippen LogP contribution in [0.5, 0.6) is 0 Å². The molecule has 2 atom stereocenters. The summed E-state index contributed by atoms with van der Waals surface area (Å²) < 4.78 is 0. The molecule has 1 aromatic carbocycles. The third kappa shape index (κ3) is 4.77. The molecule has 5 nitrogen and oxygen atoms in total. The van der Waals surface area contributed by atoms with Crippen LogP contribution in [0.2, 0.25) is 0 Å². The summed E-state index contributed by atoms with van der Waals surface area (Å²) in [5.41, 5.74) is 1.53. The number of carbonyl (C=O) groups is 2. The fourth-order valence-electron chi connectivity index (χ4n) is 2.17. The van der Waals surface area contributed by atoms with Crippen molar-refractivity contribution in [3.8, 4) is 0 Å². The monoisotopic (exact) mass is 292 g/mol. The number of hydrogen-bond donors (Lipinski definition) is 3. The summed E-state index contributed by atoms with van der Waals surface area (Å²) in [6.07, 6.45) is 0. The molecule has 0 saturated carbocycles. The quantitative estimate of drug-likeness (QED) is 0.798. The molecule has 0 saturated heterocycles. The first-order chi connectivity index (χ1) is 9.62. The van der Waals surface area contributed by atoms with Gasteiger partial charge < -0.3 is 15.7 Å². The number of urea groups is 1. The van der Waals surface area contributed by atoms with Crippen molar-refractivity contribution in [2.24, 2.45) is 5.41 Å². The topological polar surface area (TPSA) is 78.4 Å². The molecule has 1 aromatic rings. The maximum absolute atomic E-state index is 12.0. The van der Waals surface area contributed by atoms with Crippen molar-refractivity contribution in [3.63, 3.8) is 0 Å². The van der Waals surface area contributed by atoms with E-state index in [1.807, 2.05) is 38.1 Å². The molecule has 0 fully saturated rings. The van der Waals surface area contributed by atoms with E-state index in [2.05, 4.69) is 10.6 Å². The molecule has 0 aromatic heterocycles. The van der Waals surface area contributed by atoms with Crippen molar-refractivity contribution in [3.05, 3.63) is 35.4 Å². The molecule has 1 unspecified atom stereocenters. The minimum absolute atomic E-state index is 0.194. The number of nitrogens with one attached hydrogen (secondary N) is 2. The Labute approximate surface area is 125 Å². The van der Waals surface area contributed by atoms with Crippen molar-refractivity contribution < 1.29 is 14.7 Å². The molecule has 0 aliphatic rings. The number of rotatable bonds is 4. The van der Waals surface area contributed by atoms with E-state index in [4.69, 9.17) is 0 Å². The van der Waals surface area contributed by atoms with E-state index in [1.54, 1.807) is 20.8 Å². The highest BCUT2D eigenvalue weighted by atomic mass is 16.4. The highest BCUT2D eigenvalue weighted by Gasteiger charge is 2.32. The van der Waals surface area contributed by atoms with Gasteiger partial charge in [0.25, 0.3) is 0 Å². The number of carboxylic acids is 1. The summed E-state index contributed by atoms with van der Waals surface area (Å²) in [5, 5.41) is 14.5. The molecule has 3 N–H and O–H groups in total. The number of aliphatic carboxylic acids is 1. The second-order valence-corrected chi connectivity index (χ2v) is 6.33. The van der Waals surface area contributed by atoms with Gasteiger partial charge in [0.2, 0.25) is 0 Å².